The monoisotopic (exact) mass is 452 g/mol. The van der Waals surface area contributed by atoms with Crippen molar-refractivity contribution in [1.29, 1.82) is 0 Å². The zero-order valence-corrected chi connectivity index (χ0v) is 19.4. The van der Waals surface area contributed by atoms with E-state index in [1.54, 1.807) is 12.1 Å². The molecule has 0 saturated heterocycles. The molecule has 2 aromatic carbocycles. The molecule has 0 aromatic heterocycles. The van der Waals surface area contributed by atoms with E-state index in [2.05, 4.69) is 0 Å². The lowest BCUT2D eigenvalue weighted by atomic mass is 9.81. The first-order chi connectivity index (χ1) is 15.5. The highest BCUT2D eigenvalue weighted by molar-refractivity contribution is 6.09. The van der Waals surface area contributed by atoms with Crippen LogP contribution in [0.25, 0.3) is 6.08 Å². The number of rotatable bonds is 4. The molecule has 0 aliphatic carbocycles. The van der Waals surface area contributed by atoms with Crippen molar-refractivity contribution >= 4 is 11.9 Å². The average Bonchev–Trinajstić information content (AvgIpc) is 2.73. The number of carbonyl (C=O) groups excluding carboxylic acids is 1. The van der Waals surface area contributed by atoms with Crippen LogP contribution < -0.4 is 14.2 Å². The van der Waals surface area contributed by atoms with Crippen molar-refractivity contribution in [3.05, 3.63) is 58.2 Å². The Kier molecular flexibility index (Phi) is 5.41. The number of aromatic hydroxyl groups is 2. The number of hydrogen-bond acceptors (Lipinski definition) is 7. The fourth-order valence-electron chi connectivity index (χ4n) is 4.18. The Balaban J connectivity index is 1.85. The Morgan fingerprint density at radius 2 is 1.94 bits per heavy atom. The first kappa shape index (κ1) is 22.7. The maximum absolute atomic E-state index is 13.6. The van der Waals surface area contributed by atoms with Crippen molar-refractivity contribution in [1.82, 2.24) is 0 Å². The molecule has 0 saturated carbocycles. The van der Waals surface area contributed by atoms with Crippen LogP contribution in [0.5, 0.6) is 28.7 Å². The Bertz CT molecular complexity index is 1200. The topological polar surface area (TPSA) is 105 Å². The number of methoxy groups -OCH3 is 1. The van der Waals surface area contributed by atoms with Crippen molar-refractivity contribution < 1.29 is 34.3 Å². The highest BCUT2D eigenvalue weighted by atomic mass is 16.5. The van der Waals surface area contributed by atoms with Gasteiger partial charge in [0.25, 0.3) is 0 Å². The van der Waals surface area contributed by atoms with Crippen LogP contribution in [0.1, 0.15) is 54.7 Å². The molecule has 0 unspecified atom stereocenters. The maximum atomic E-state index is 13.6. The molecule has 2 heterocycles. The fraction of sp³-hybridized carbons (Fsp3) is 0.346. The van der Waals surface area contributed by atoms with Gasteiger partial charge < -0.3 is 29.5 Å². The van der Waals surface area contributed by atoms with Crippen LogP contribution in [0, 0.1) is 0 Å². The molecular formula is C26H28O7. The van der Waals surface area contributed by atoms with Gasteiger partial charge in [-0.25, -0.2) is 0 Å². The van der Waals surface area contributed by atoms with Crippen LogP contribution in [0.2, 0.25) is 0 Å². The highest BCUT2D eigenvalue weighted by Gasteiger charge is 2.49. The number of Topliss-reactive ketones (excluding diaryl/α,β-unsaturated/α-hetero) is 1. The SMILES string of the molecule is COc1c([C@]2(O)COc3c(CC=C(C)C)c(O)cc(O)c3C2=O)ccc2c1C=CC(C)(C)O2. The summed E-state index contributed by atoms with van der Waals surface area (Å²) in [7, 11) is 1.45. The number of allylic oxidation sites excluding steroid dienone is 2. The Hall–Kier alpha value is -3.45. The number of benzene rings is 2. The van der Waals surface area contributed by atoms with E-state index < -0.39 is 29.3 Å². The molecule has 4 rings (SSSR count). The number of phenols is 2. The third-order valence-electron chi connectivity index (χ3n) is 5.91. The predicted octanol–water partition coefficient (Wildman–Crippen LogP) is 4.26. The average molecular weight is 453 g/mol. The predicted molar refractivity (Wildman–Crippen MR) is 123 cm³/mol. The third-order valence-corrected chi connectivity index (χ3v) is 5.91. The van der Waals surface area contributed by atoms with E-state index >= 15 is 0 Å². The minimum Gasteiger partial charge on any atom is -0.507 e. The van der Waals surface area contributed by atoms with Crippen LogP contribution >= 0.6 is 0 Å². The van der Waals surface area contributed by atoms with Crippen LogP contribution in [0.3, 0.4) is 0 Å². The van der Waals surface area contributed by atoms with Gasteiger partial charge in [-0.3, -0.25) is 4.79 Å². The first-order valence-corrected chi connectivity index (χ1v) is 10.7. The zero-order valence-electron chi connectivity index (χ0n) is 19.4. The molecule has 7 nitrogen and oxygen atoms in total. The van der Waals surface area contributed by atoms with Gasteiger partial charge in [0.15, 0.2) is 5.60 Å². The van der Waals surface area contributed by atoms with Gasteiger partial charge in [-0.15, -0.1) is 0 Å². The number of hydrogen-bond donors (Lipinski definition) is 3. The summed E-state index contributed by atoms with van der Waals surface area (Å²) in [5.41, 5.74) is -0.606. The van der Waals surface area contributed by atoms with E-state index in [1.807, 2.05) is 45.9 Å². The summed E-state index contributed by atoms with van der Waals surface area (Å²) >= 11 is 0. The van der Waals surface area contributed by atoms with Crippen LogP contribution in [-0.4, -0.2) is 40.4 Å². The zero-order chi connectivity index (χ0) is 24.1. The van der Waals surface area contributed by atoms with Gasteiger partial charge >= 0.3 is 0 Å². The smallest absolute Gasteiger partial charge is 0.210 e. The summed E-state index contributed by atoms with van der Waals surface area (Å²) in [6.07, 6.45) is 5.88. The molecule has 7 heteroatoms. The van der Waals surface area contributed by atoms with Gasteiger partial charge in [0.2, 0.25) is 5.78 Å². The van der Waals surface area contributed by atoms with Gasteiger partial charge in [0.05, 0.1) is 12.7 Å². The molecule has 2 aromatic rings. The Labute approximate surface area is 192 Å². The molecule has 2 aliphatic heterocycles. The molecule has 0 fully saturated rings. The standard InChI is InChI=1S/C26H28O7/c1-14(2)6-7-15-18(27)12-19(28)21-23(15)32-13-26(30,24(21)29)17-8-9-20-16(22(17)31-5)10-11-25(3,4)33-20/h6,8-12,27-28,30H,7,13H2,1-5H3/t26-/m1/s1. The first-order valence-electron chi connectivity index (χ1n) is 10.7. The lowest BCUT2D eigenvalue weighted by molar-refractivity contribution is -0.00708. The van der Waals surface area contributed by atoms with Crippen molar-refractivity contribution in [2.75, 3.05) is 13.7 Å². The minimum atomic E-state index is -2.11. The summed E-state index contributed by atoms with van der Waals surface area (Å²) in [4.78, 5) is 13.6. The molecule has 174 valence electrons. The van der Waals surface area contributed by atoms with E-state index in [4.69, 9.17) is 14.2 Å². The molecule has 0 radical (unpaired) electrons. The largest absolute Gasteiger partial charge is 0.507 e. The van der Waals surface area contributed by atoms with Crippen LogP contribution in [0.4, 0.5) is 0 Å². The second-order valence-corrected chi connectivity index (χ2v) is 9.16. The summed E-state index contributed by atoms with van der Waals surface area (Å²) < 4.78 is 17.4. The normalized spacial score (nSPS) is 20.2. The van der Waals surface area contributed by atoms with Gasteiger partial charge in [-0.1, -0.05) is 11.6 Å². The fourth-order valence-corrected chi connectivity index (χ4v) is 4.18. The van der Waals surface area contributed by atoms with E-state index in [-0.39, 0.29) is 28.4 Å². The van der Waals surface area contributed by atoms with E-state index in [0.717, 1.165) is 11.6 Å². The summed E-state index contributed by atoms with van der Waals surface area (Å²) in [5, 5.41) is 32.5. The number of ether oxygens (including phenoxy) is 3. The molecule has 2 aliphatic rings. The van der Waals surface area contributed by atoms with Crippen molar-refractivity contribution in [3.63, 3.8) is 0 Å². The van der Waals surface area contributed by atoms with Crippen molar-refractivity contribution in [2.45, 2.75) is 45.3 Å². The quantitative estimate of drug-likeness (QED) is 0.595. The van der Waals surface area contributed by atoms with E-state index in [9.17, 15) is 20.1 Å². The van der Waals surface area contributed by atoms with Crippen LogP contribution in [0.15, 0.2) is 35.9 Å². The van der Waals surface area contributed by atoms with Gasteiger partial charge in [-0.2, -0.15) is 0 Å². The lowest BCUT2D eigenvalue weighted by Gasteiger charge is -2.36. The third kappa shape index (κ3) is 3.72. The van der Waals surface area contributed by atoms with Gasteiger partial charge in [0.1, 0.15) is 46.5 Å². The molecule has 33 heavy (non-hydrogen) atoms. The van der Waals surface area contributed by atoms with E-state index in [1.165, 1.54) is 7.11 Å². The molecule has 1 atom stereocenters. The Morgan fingerprint density at radius 3 is 2.61 bits per heavy atom. The van der Waals surface area contributed by atoms with Crippen molar-refractivity contribution in [3.8, 4) is 28.7 Å². The lowest BCUT2D eigenvalue weighted by Crippen LogP contribution is -2.45. The number of aliphatic hydroxyl groups is 1. The number of phenolic OH excluding ortho intramolecular Hbond substituents is 2. The van der Waals surface area contributed by atoms with Gasteiger partial charge in [0, 0.05) is 17.2 Å². The number of fused-ring (bicyclic) bond motifs is 2. The molecule has 0 bridgehead atoms. The summed E-state index contributed by atoms with van der Waals surface area (Å²) in [6.45, 7) is 7.25. The van der Waals surface area contributed by atoms with E-state index in [0.29, 0.717) is 23.3 Å². The molecule has 3 N–H and O–H groups in total. The second-order valence-electron chi connectivity index (χ2n) is 9.16. The van der Waals surface area contributed by atoms with Gasteiger partial charge in [-0.05, 0) is 58.4 Å². The number of ketones is 1. The number of carbonyl (C=O) groups is 1. The molecule has 0 spiro atoms. The maximum Gasteiger partial charge on any atom is 0.210 e. The van der Waals surface area contributed by atoms with Crippen molar-refractivity contribution in [2.24, 2.45) is 0 Å². The second kappa shape index (κ2) is 7.85. The minimum absolute atomic E-state index is 0.0709. The molecular weight excluding hydrogens is 424 g/mol. The Morgan fingerprint density at radius 1 is 1.21 bits per heavy atom. The summed E-state index contributed by atoms with van der Waals surface area (Å²) in [5.74, 6) is -0.467. The van der Waals surface area contributed by atoms with Crippen LogP contribution in [-0.2, 0) is 12.0 Å². The highest BCUT2D eigenvalue weighted by Crippen LogP contribution is 2.49. The molecule has 0 amide bonds. The summed E-state index contributed by atoms with van der Waals surface area (Å²) in [6, 6.07) is 4.35.